The van der Waals surface area contributed by atoms with Crippen LogP contribution in [0.3, 0.4) is 0 Å². The first-order valence-electron chi connectivity index (χ1n) is 11.0. The Morgan fingerprint density at radius 1 is 1.16 bits per heavy atom. The highest BCUT2D eigenvalue weighted by Crippen LogP contribution is 2.46. The number of hydrogen-bond donors (Lipinski definition) is 2. The molecular formula is C21H28F3N5O3. The minimum atomic E-state index is -4.76. The summed E-state index contributed by atoms with van der Waals surface area (Å²) in [5.74, 6) is 0.294. The number of nitrogens with zero attached hydrogens (tertiary/aromatic N) is 3. The molecule has 11 heteroatoms. The third kappa shape index (κ3) is 4.39. The number of amides is 2. The predicted octanol–water partition coefficient (Wildman–Crippen LogP) is 1.47. The molecule has 2 aliphatic carbocycles. The van der Waals surface area contributed by atoms with E-state index in [0.717, 1.165) is 12.8 Å². The normalized spacial score (nSPS) is 22.7. The minimum Gasteiger partial charge on any atom is -0.339 e. The number of alkyl halides is 3. The highest BCUT2D eigenvalue weighted by molar-refractivity contribution is 5.81. The molecule has 1 saturated carbocycles. The zero-order chi connectivity index (χ0) is 23.3. The summed E-state index contributed by atoms with van der Waals surface area (Å²) in [5, 5.41) is 9.07. The summed E-state index contributed by atoms with van der Waals surface area (Å²) < 4.78 is 40.3. The van der Waals surface area contributed by atoms with Crippen LogP contribution in [-0.4, -0.2) is 64.5 Å². The van der Waals surface area contributed by atoms with Crippen LogP contribution in [0.1, 0.15) is 56.0 Å². The van der Waals surface area contributed by atoms with Gasteiger partial charge in [0.15, 0.2) is 0 Å². The van der Waals surface area contributed by atoms with E-state index in [1.807, 2.05) is 23.8 Å². The Hall–Kier alpha value is -2.43. The quantitative estimate of drug-likeness (QED) is 0.701. The number of carbonyl (C=O) groups is 2. The Bertz CT molecular complexity index is 962. The van der Waals surface area contributed by atoms with Crippen LogP contribution in [0.5, 0.6) is 0 Å². The Morgan fingerprint density at radius 3 is 2.38 bits per heavy atom. The molecule has 8 nitrogen and oxygen atoms in total. The lowest BCUT2D eigenvalue weighted by Crippen LogP contribution is -2.51. The predicted molar refractivity (Wildman–Crippen MR) is 109 cm³/mol. The van der Waals surface area contributed by atoms with Crippen molar-refractivity contribution in [3.05, 3.63) is 27.2 Å². The first-order chi connectivity index (χ1) is 15.0. The van der Waals surface area contributed by atoms with Crippen LogP contribution < -0.4 is 10.9 Å². The molecule has 0 bridgehead atoms. The molecule has 2 heterocycles. The maximum absolute atomic E-state index is 13.4. The molecule has 0 radical (unpaired) electrons. The molecule has 4 rings (SSSR count). The first kappa shape index (κ1) is 22.8. The fourth-order valence-electron chi connectivity index (χ4n) is 4.76. The highest BCUT2D eigenvalue weighted by Gasteiger charge is 2.47. The first-order valence-corrected chi connectivity index (χ1v) is 11.0. The molecule has 2 fully saturated rings. The Kier molecular flexibility index (Phi) is 5.81. The van der Waals surface area contributed by atoms with Crippen LogP contribution >= 0.6 is 0 Å². The Balaban J connectivity index is 1.35. The van der Waals surface area contributed by atoms with Gasteiger partial charge in [-0.15, -0.1) is 0 Å². The molecule has 0 spiro atoms. The number of hydrogen-bond acceptors (Lipinski definition) is 5. The van der Waals surface area contributed by atoms with Crippen molar-refractivity contribution >= 4 is 11.8 Å². The maximum Gasteiger partial charge on any atom is 0.422 e. The Morgan fingerprint density at radius 2 is 1.78 bits per heavy atom. The number of fused-ring (bicyclic) bond motifs is 1. The number of aromatic nitrogens is 2. The van der Waals surface area contributed by atoms with Gasteiger partial charge in [0.2, 0.25) is 11.8 Å². The smallest absolute Gasteiger partial charge is 0.339 e. The van der Waals surface area contributed by atoms with E-state index in [4.69, 9.17) is 0 Å². The minimum absolute atomic E-state index is 0.0579. The summed E-state index contributed by atoms with van der Waals surface area (Å²) in [6.07, 6.45) is -2.59. The molecule has 2 amide bonds. The van der Waals surface area contributed by atoms with Gasteiger partial charge in [-0.1, -0.05) is 13.8 Å². The van der Waals surface area contributed by atoms with Crippen LogP contribution in [0.25, 0.3) is 0 Å². The monoisotopic (exact) mass is 455 g/mol. The SMILES string of the molecule is CC1(C)Cc2c(n[nH]c(=O)c2C(F)(F)F)C1NCCC(=O)N1CCN(C(=O)C2CC2)CC1. The molecule has 176 valence electrons. The van der Waals surface area contributed by atoms with Gasteiger partial charge in [0.05, 0.1) is 11.7 Å². The van der Waals surface area contributed by atoms with Crippen LogP contribution in [0, 0.1) is 11.3 Å². The zero-order valence-electron chi connectivity index (χ0n) is 18.2. The summed E-state index contributed by atoms with van der Waals surface area (Å²) >= 11 is 0. The molecule has 1 aliphatic heterocycles. The number of rotatable bonds is 5. The van der Waals surface area contributed by atoms with Gasteiger partial charge >= 0.3 is 6.18 Å². The number of carbonyl (C=O) groups excluding carboxylic acids is 2. The van der Waals surface area contributed by atoms with Crippen molar-refractivity contribution in [2.75, 3.05) is 32.7 Å². The highest BCUT2D eigenvalue weighted by atomic mass is 19.4. The molecule has 1 atom stereocenters. The number of aromatic amines is 1. The third-order valence-electron chi connectivity index (χ3n) is 6.64. The van der Waals surface area contributed by atoms with Gasteiger partial charge in [-0.2, -0.15) is 18.3 Å². The van der Waals surface area contributed by atoms with E-state index in [2.05, 4.69) is 10.4 Å². The summed E-state index contributed by atoms with van der Waals surface area (Å²) in [7, 11) is 0. The molecule has 2 N–H and O–H groups in total. The van der Waals surface area contributed by atoms with Crippen molar-refractivity contribution in [3.63, 3.8) is 0 Å². The fourth-order valence-corrected chi connectivity index (χ4v) is 4.76. The van der Waals surface area contributed by atoms with E-state index < -0.39 is 28.8 Å². The summed E-state index contributed by atoms with van der Waals surface area (Å²) in [5.41, 5.74) is -2.92. The maximum atomic E-state index is 13.4. The summed E-state index contributed by atoms with van der Waals surface area (Å²) in [6.45, 7) is 5.96. The number of nitrogens with one attached hydrogen (secondary N) is 2. The van der Waals surface area contributed by atoms with Crippen molar-refractivity contribution in [1.82, 2.24) is 25.3 Å². The number of H-pyrrole nitrogens is 1. The van der Waals surface area contributed by atoms with Gasteiger partial charge in [-0.25, -0.2) is 5.10 Å². The second kappa shape index (κ2) is 8.17. The molecule has 0 aromatic carbocycles. The van der Waals surface area contributed by atoms with Gasteiger partial charge in [0, 0.05) is 45.1 Å². The number of halogens is 3. The average molecular weight is 455 g/mol. The van der Waals surface area contributed by atoms with Gasteiger partial charge < -0.3 is 15.1 Å². The molecule has 1 unspecified atom stereocenters. The van der Waals surface area contributed by atoms with Crippen LogP contribution in [-0.2, 0) is 22.2 Å². The van der Waals surface area contributed by atoms with Crippen molar-refractivity contribution in [2.45, 2.75) is 51.7 Å². The second-order valence-electron chi connectivity index (χ2n) is 9.57. The van der Waals surface area contributed by atoms with Crippen molar-refractivity contribution in [3.8, 4) is 0 Å². The lowest BCUT2D eigenvalue weighted by atomic mass is 9.85. The van der Waals surface area contributed by atoms with E-state index in [0.29, 0.717) is 26.2 Å². The van der Waals surface area contributed by atoms with Crippen LogP contribution in [0.2, 0.25) is 0 Å². The van der Waals surface area contributed by atoms with E-state index in [9.17, 15) is 27.6 Å². The average Bonchev–Trinajstić information content (AvgIpc) is 3.52. The van der Waals surface area contributed by atoms with E-state index in [-0.39, 0.29) is 48.4 Å². The summed E-state index contributed by atoms with van der Waals surface area (Å²) in [4.78, 5) is 40.1. The topological polar surface area (TPSA) is 98.4 Å². The van der Waals surface area contributed by atoms with Crippen molar-refractivity contribution in [2.24, 2.45) is 11.3 Å². The lowest BCUT2D eigenvalue weighted by molar-refractivity contribution is -0.140. The molecule has 1 aromatic heterocycles. The molecular weight excluding hydrogens is 427 g/mol. The van der Waals surface area contributed by atoms with Crippen molar-refractivity contribution in [1.29, 1.82) is 0 Å². The van der Waals surface area contributed by atoms with Gasteiger partial charge in [0.25, 0.3) is 5.56 Å². The summed E-state index contributed by atoms with van der Waals surface area (Å²) in [6, 6.07) is -0.517. The van der Waals surface area contributed by atoms with Crippen molar-refractivity contribution < 1.29 is 22.8 Å². The standard InChI is InChI=1S/C21H28F3N5O3/c1-20(2)11-13-15(21(22,23)24)18(31)27-26-16(13)17(20)25-6-5-14(30)28-7-9-29(10-8-28)19(32)12-3-4-12/h12,17,25H,3-11H2,1-2H3,(H,27,31). The number of piperazine rings is 1. The third-order valence-corrected chi connectivity index (χ3v) is 6.64. The Labute approximate surface area is 183 Å². The second-order valence-corrected chi connectivity index (χ2v) is 9.57. The molecule has 32 heavy (non-hydrogen) atoms. The molecule has 3 aliphatic rings. The molecule has 1 aromatic rings. The van der Waals surface area contributed by atoms with E-state index in [1.54, 1.807) is 4.90 Å². The zero-order valence-corrected chi connectivity index (χ0v) is 18.2. The molecule has 1 saturated heterocycles. The fraction of sp³-hybridized carbons (Fsp3) is 0.714. The van der Waals surface area contributed by atoms with Gasteiger partial charge in [0.1, 0.15) is 5.56 Å². The van der Waals surface area contributed by atoms with Crippen LogP contribution in [0.4, 0.5) is 13.2 Å². The van der Waals surface area contributed by atoms with Gasteiger partial charge in [-0.05, 0) is 30.2 Å². The van der Waals surface area contributed by atoms with E-state index in [1.165, 1.54) is 0 Å². The van der Waals surface area contributed by atoms with Gasteiger partial charge in [-0.3, -0.25) is 14.4 Å². The van der Waals surface area contributed by atoms with Crippen LogP contribution in [0.15, 0.2) is 4.79 Å². The lowest BCUT2D eigenvalue weighted by Gasteiger charge is -2.35. The largest absolute Gasteiger partial charge is 0.422 e. The van der Waals surface area contributed by atoms with E-state index >= 15 is 0 Å².